The predicted octanol–water partition coefficient (Wildman–Crippen LogP) is 2.79. The maximum Gasteiger partial charge on any atom is 0.407 e. The summed E-state index contributed by atoms with van der Waals surface area (Å²) in [5.74, 6) is -0.705. The Balaban J connectivity index is 1.67. The van der Waals surface area contributed by atoms with Crippen LogP contribution in [0.1, 0.15) is 23.5 Å². The van der Waals surface area contributed by atoms with Gasteiger partial charge in [-0.05, 0) is 28.7 Å². The van der Waals surface area contributed by atoms with Crippen LogP contribution in [0.4, 0.5) is 4.79 Å². The molecule has 7 nitrogen and oxygen atoms in total. The third-order valence-electron chi connectivity index (χ3n) is 4.72. The van der Waals surface area contributed by atoms with Gasteiger partial charge in [-0.25, -0.2) is 19.4 Å². The molecule has 144 valence electrons. The van der Waals surface area contributed by atoms with Gasteiger partial charge in [0, 0.05) is 5.92 Å². The minimum Gasteiger partial charge on any atom is -0.467 e. The molecule has 0 saturated heterocycles. The number of aliphatic imine (C=N–C) groups is 1. The molecular formula is C21H20N2O5. The second kappa shape index (κ2) is 8.97. The molecule has 0 bridgehead atoms. The molecule has 0 aliphatic heterocycles. The van der Waals surface area contributed by atoms with Crippen LogP contribution in [0.25, 0.3) is 11.1 Å². The Morgan fingerprint density at radius 2 is 1.71 bits per heavy atom. The van der Waals surface area contributed by atoms with Gasteiger partial charge in [0.15, 0.2) is 0 Å². The highest BCUT2D eigenvalue weighted by Gasteiger charge is 2.29. The maximum absolute atomic E-state index is 12.2. The van der Waals surface area contributed by atoms with Crippen molar-refractivity contribution in [1.29, 1.82) is 0 Å². The highest BCUT2D eigenvalue weighted by atomic mass is 16.6. The van der Waals surface area contributed by atoms with Crippen LogP contribution in [-0.4, -0.2) is 44.4 Å². The van der Waals surface area contributed by atoms with Gasteiger partial charge in [-0.2, -0.15) is 0 Å². The Hall–Kier alpha value is -3.44. The van der Waals surface area contributed by atoms with Crippen LogP contribution < -0.4 is 5.32 Å². The number of esters is 1. The number of alkyl carbamates (subject to hydrolysis) is 1. The number of carbonyl (C=O) groups is 2. The molecule has 0 fully saturated rings. The molecule has 1 aliphatic rings. The lowest BCUT2D eigenvalue weighted by atomic mass is 9.98. The maximum atomic E-state index is 12.2. The Labute approximate surface area is 162 Å². The third kappa shape index (κ3) is 4.10. The van der Waals surface area contributed by atoms with Gasteiger partial charge in [-0.1, -0.05) is 48.5 Å². The van der Waals surface area contributed by atoms with Crippen LogP contribution in [0, 0.1) is 0 Å². The number of hydrogen-bond acceptors (Lipinski definition) is 6. The van der Waals surface area contributed by atoms with Crippen molar-refractivity contribution in [2.45, 2.75) is 18.4 Å². The Kier molecular flexibility index (Phi) is 6.19. The van der Waals surface area contributed by atoms with E-state index in [2.05, 4.69) is 27.2 Å². The van der Waals surface area contributed by atoms with Gasteiger partial charge < -0.3 is 14.8 Å². The lowest BCUT2D eigenvalue weighted by molar-refractivity contribution is -0.143. The fourth-order valence-electron chi connectivity index (χ4n) is 3.41. The van der Waals surface area contributed by atoms with Crippen LogP contribution >= 0.6 is 0 Å². The van der Waals surface area contributed by atoms with Gasteiger partial charge in [0.2, 0.25) is 6.08 Å². The first-order valence-corrected chi connectivity index (χ1v) is 8.88. The number of benzene rings is 2. The first-order chi connectivity index (χ1) is 13.7. The number of methoxy groups -OCH3 is 1. The highest BCUT2D eigenvalue weighted by Crippen LogP contribution is 2.44. The van der Waals surface area contributed by atoms with Gasteiger partial charge >= 0.3 is 12.1 Å². The zero-order chi connectivity index (χ0) is 19.9. The van der Waals surface area contributed by atoms with Crippen molar-refractivity contribution in [3.63, 3.8) is 0 Å². The number of hydrogen-bond donors (Lipinski definition) is 1. The highest BCUT2D eigenvalue weighted by molar-refractivity contribution is 5.82. The zero-order valence-electron chi connectivity index (χ0n) is 15.4. The van der Waals surface area contributed by atoms with E-state index in [1.807, 2.05) is 36.4 Å². The van der Waals surface area contributed by atoms with Crippen LogP contribution in [-0.2, 0) is 19.1 Å². The zero-order valence-corrected chi connectivity index (χ0v) is 15.4. The fourth-order valence-corrected chi connectivity index (χ4v) is 3.41. The normalized spacial score (nSPS) is 12.9. The molecule has 0 spiro atoms. The summed E-state index contributed by atoms with van der Waals surface area (Å²) >= 11 is 0. The minimum atomic E-state index is -0.947. The molecule has 1 aliphatic carbocycles. The van der Waals surface area contributed by atoms with E-state index in [1.165, 1.54) is 13.2 Å². The average molecular weight is 380 g/mol. The van der Waals surface area contributed by atoms with E-state index in [1.54, 1.807) is 0 Å². The molecule has 0 heterocycles. The van der Waals surface area contributed by atoms with Gasteiger partial charge in [0.05, 0.1) is 13.7 Å². The topological polar surface area (TPSA) is 94.1 Å². The molecule has 7 heteroatoms. The molecule has 1 N–H and O–H groups in total. The second-order valence-corrected chi connectivity index (χ2v) is 6.31. The van der Waals surface area contributed by atoms with Gasteiger partial charge in [0.25, 0.3) is 0 Å². The number of isocyanates is 1. The van der Waals surface area contributed by atoms with Crippen molar-refractivity contribution in [1.82, 2.24) is 5.32 Å². The SMILES string of the molecule is COC(=O)C(CCN=C=O)NC(=O)OCC1c2ccccc2-c2ccccc21. The Morgan fingerprint density at radius 1 is 1.11 bits per heavy atom. The Bertz CT molecular complexity index is 875. The van der Waals surface area contributed by atoms with Crippen LogP contribution in [0.2, 0.25) is 0 Å². The van der Waals surface area contributed by atoms with Crippen molar-refractivity contribution < 1.29 is 23.9 Å². The number of nitrogens with zero attached hydrogens (tertiary/aromatic N) is 1. The molecule has 0 radical (unpaired) electrons. The summed E-state index contributed by atoms with van der Waals surface area (Å²) in [7, 11) is 1.22. The van der Waals surface area contributed by atoms with E-state index in [4.69, 9.17) is 4.74 Å². The first kappa shape index (κ1) is 19.3. The lowest BCUT2D eigenvalue weighted by Gasteiger charge is -2.18. The van der Waals surface area contributed by atoms with E-state index in [9.17, 15) is 14.4 Å². The van der Waals surface area contributed by atoms with Crippen molar-refractivity contribution >= 4 is 18.1 Å². The summed E-state index contributed by atoms with van der Waals surface area (Å²) in [6.07, 6.45) is 0.781. The summed E-state index contributed by atoms with van der Waals surface area (Å²) in [6.45, 7) is 0.188. The van der Waals surface area contributed by atoms with E-state index in [-0.39, 0.29) is 25.5 Å². The quantitative estimate of drug-likeness (QED) is 0.453. The van der Waals surface area contributed by atoms with E-state index >= 15 is 0 Å². The first-order valence-electron chi connectivity index (χ1n) is 8.88. The van der Waals surface area contributed by atoms with Gasteiger partial charge in [-0.15, -0.1) is 0 Å². The largest absolute Gasteiger partial charge is 0.467 e. The molecule has 1 unspecified atom stereocenters. The standard InChI is InChI=1S/C21H20N2O5/c1-27-20(25)19(10-11-22-13-24)23-21(26)28-12-18-16-8-4-2-6-14(16)15-7-3-5-9-17(15)18/h2-9,18-19H,10-12H2,1H3,(H,23,26). The molecule has 28 heavy (non-hydrogen) atoms. The van der Waals surface area contributed by atoms with E-state index in [0.717, 1.165) is 22.3 Å². The molecule has 0 saturated carbocycles. The van der Waals surface area contributed by atoms with E-state index < -0.39 is 18.1 Å². The van der Waals surface area contributed by atoms with Crippen LogP contribution in [0.5, 0.6) is 0 Å². The van der Waals surface area contributed by atoms with Gasteiger partial charge in [0.1, 0.15) is 12.6 Å². The third-order valence-corrected chi connectivity index (χ3v) is 4.72. The van der Waals surface area contributed by atoms with Crippen molar-refractivity contribution in [3.05, 3.63) is 59.7 Å². The molecule has 3 rings (SSSR count). The molecule has 2 aromatic rings. The van der Waals surface area contributed by atoms with Crippen molar-refractivity contribution in [2.75, 3.05) is 20.3 Å². The number of amides is 1. The fraction of sp³-hybridized carbons (Fsp3) is 0.286. The minimum absolute atomic E-state index is 0.0485. The number of rotatable bonds is 7. The monoisotopic (exact) mass is 380 g/mol. The number of nitrogens with one attached hydrogen (secondary N) is 1. The predicted molar refractivity (Wildman–Crippen MR) is 102 cm³/mol. The van der Waals surface area contributed by atoms with Crippen LogP contribution in [0.15, 0.2) is 53.5 Å². The number of fused-ring (bicyclic) bond motifs is 3. The summed E-state index contributed by atoms with van der Waals surface area (Å²) in [6, 6.07) is 15.1. The second-order valence-electron chi connectivity index (χ2n) is 6.31. The molecule has 1 amide bonds. The van der Waals surface area contributed by atoms with E-state index in [0.29, 0.717) is 0 Å². The van der Waals surface area contributed by atoms with Crippen LogP contribution in [0.3, 0.4) is 0 Å². The number of ether oxygens (including phenoxy) is 2. The summed E-state index contributed by atoms with van der Waals surface area (Å²) in [5, 5.41) is 2.47. The average Bonchev–Trinajstić information content (AvgIpc) is 3.05. The van der Waals surface area contributed by atoms with Crippen molar-refractivity contribution in [3.8, 4) is 11.1 Å². The van der Waals surface area contributed by atoms with Gasteiger partial charge in [-0.3, -0.25) is 0 Å². The molecule has 0 aromatic heterocycles. The lowest BCUT2D eigenvalue weighted by Crippen LogP contribution is -2.42. The summed E-state index contributed by atoms with van der Waals surface area (Å²) in [4.78, 5) is 37.6. The summed E-state index contributed by atoms with van der Waals surface area (Å²) < 4.78 is 10.1. The smallest absolute Gasteiger partial charge is 0.407 e. The molecule has 1 atom stereocenters. The molecule has 2 aromatic carbocycles. The summed E-state index contributed by atoms with van der Waals surface area (Å²) in [5.41, 5.74) is 4.46. The van der Waals surface area contributed by atoms with Crippen molar-refractivity contribution in [2.24, 2.45) is 4.99 Å². The Morgan fingerprint density at radius 3 is 2.29 bits per heavy atom. The number of carbonyl (C=O) groups excluding carboxylic acids is 3. The molecular weight excluding hydrogens is 360 g/mol.